The summed E-state index contributed by atoms with van der Waals surface area (Å²) < 4.78 is 2.43. The first-order valence-electron chi connectivity index (χ1n) is 7.02. The molecule has 0 saturated heterocycles. The molecule has 3 aromatic rings. The lowest BCUT2D eigenvalue weighted by atomic mass is 10.1. The highest BCUT2D eigenvalue weighted by Gasteiger charge is 2.23. The molecule has 4 rings (SSSR count). The lowest BCUT2D eigenvalue weighted by Gasteiger charge is -2.20. The van der Waals surface area contributed by atoms with Crippen LogP contribution < -0.4 is 0 Å². The predicted octanol–water partition coefficient (Wildman–Crippen LogP) is 6.52. The average molecular weight is 455 g/mol. The number of hydrogen-bond acceptors (Lipinski definition) is 3. The number of benzene rings is 1. The Kier molecular flexibility index (Phi) is 4.26. The van der Waals surface area contributed by atoms with E-state index >= 15 is 0 Å². The molecule has 0 bridgehead atoms. The minimum absolute atomic E-state index is 0.991. The monoisotopic (exact) mass is 453 g/mol. The van der Waals surface area contributed by atoms with Crippen molar-refractivity contribution in [3.05, 3.63) is 65.4 Å². The smallest absolute Gasteiger partial charge is 0.0708 e. The molecule has 1 aliphatic heterocycles. The molecule has 0 atom stereocenters. The molecule has 0 N–H and O–H groups in total. The molecule has 0 radical (unpaired) electrons. The molecule has 5 heteroatoms. The van der Waals surface area contributed by atoms with Gasteiger partial charge in [0.25, 0.3) is 0 Å². The SMILES string of the molecule is Brc1cc2c(s1)CN(Cc1ccccc1)Cc1sc(Br)cc1-2. The second kappa shape index (κ2) is 6.21. The van der Waals surface area contributed by atoms with Crippen LogP contribution in [0.1, 0.15) is 15.3 Å². The van der Waals surface area contributed by atoms with Crippen molar-refractivity contribution in [1.82, 2.24) is 4.90 Å². The van der Waals surface area contributed by atoms with Crippen LogP contribution >= 0.6 is 54.5 Å². The summed E-state index contributed by atoms with van der Waals surface area (Å²) in [5.41, 5.74) is 4.16. The Morgan fingerprint density at radius 3 is 1.95 bits per heavy atom. The largest absolute Gasteiger partial charge is 0.289 e. The van der Waals surface area contributed by atoms with Gasteiger partial charge >= 0.3 is 0 Å². The Labute approximate surface area is 154 Å². The van der Waals surface area contributed by atoms with Crippen LogP contribution in [0.5, 0.6) is 0 Å². The zero-order valence-corrected chi connectivity index (χ0v) is 16.5. The molecule has 112 valence electrons. The van der Waals surface area contributed by atoms with Crippen molar-refractivity contribution in [3.63, 3.8) is 0 Å². The molecule has 0 aliphatic carbocycles. The van der Waals surface area contributed by atoms with Gasteiger partial charge in [0.1, 0.15) is 0 Å². The van der Waals surface area contributed by atoms with Crippen LogP contribution in [0.25, 0.3) is 11.1 Å². The first-order chi connectivity index (χ1) is 10.7. The molecule has 0 amide bonds. The molecule has 2 aromatic heterocycles. The van der Waals surface area contributed by atoms with Crippen molar-refractivity contribution >= 4 is 54.5 Å². The first-order valence-corrected chi connectivity index (χ1v) is 10.2. The van der Waals surface area contributed by atoms with Crippen LogP contribution in [0, 0.1) is 0 Å². The van der Waals surface area contributed by atoms with Gasteiger partial charge in [-0.3, -0.25) is 4.90 Å². The highest BCUT2D eigenvalue weighted by Crippen LogP contribution is 2.44. The Hall–Kier alpha value is -0.460. The van der Waals surface area contributed by atoms with Crippen molar-refractivity contribution in [2.75, 3.05) is 0 Å². The van der Waals surface area contributed by atoms with E-state index in [4.69, 9.17) is 0 Å². The van der Waals surface area contributed by atoms with Crippen LogP contribution in [0.4, 0.5) is 0 Å². The quantitative estimate of drug-likeness (QED) is 0.426. The summed E-state index contributed by atoms with van der Waals surface area (Å²) in [7, 11) is 0. The number of thiophene rings is 2. The zero-order valence-electron chi connectivity index (χ0n) is 11.7. The van der Waals surface area contributed by atoms with Gasteiger partial charge in [0, 0.05) is 29.4 Å². The molecule has 0 spiro atoms. The highest BCUT2D eigenvalue weighted by atomic mass is 79.9. The number of nitrogens with zero attached hydrogens (tertiary/aromatic N) is 1. The molecule has 1 aromatic carbocycles. The van der Waals surface area contributed by atoms with E-state index in [1.54, 1.807) is 0 Å². The van der Waals surface area contributed by atoms with Crippen LogP contribution in [0.3, 0.4) is 0 Å². The maximum absolute atomic E-state index is 3.66. The van der Waals surface area contributed by atoms with Gasteiger partial charge in [-0.1, -0.05) is 30.3 Å². The fourth-order valence-corrected chi connectivity index (χ4v) is 6.40. The minimum Gasteiger partial charge on any atom is -0.289 e. The molecule has 0 saturated carbocycles. The second-order valence-electron chi connectivity index (χ2n) is 5.41. The molecular formula is C17H13Br2NS2. The molecule has 1 aliphatic rings. The van der Waals surface area contributed by atoms with Crippen LogP contribution in [-0.4, -0.2) is 4.90 Å². The van der Waals surface area contributed by atoms with E-state index in [-0.39, 0.29) is 0 Å². The molecule has 0 unspecified atom stereocenters. The standard InChI is InChI=1S/C17H13Br2NS2/c18-16-6-12-13-7-17(19)22-15(13)10-20(9-14(12)21-16)8-11-4-2-1-3-5-11/h1-7H,8-10H2. The third-order valence-corrected chi connectivity index (χ3v) is 7.08. The van der Waals surface area contributed by atoms with Crippen molar-refractivity contribution in [3.8, 4) is 11.1 Å². The summed E-state index contributed by atoms with van der Waals surface area (Å²) in [4.78, 5) is 5.44. The lowest BCUT2D eigenvalue weighted by Crippen LogP contribution is -2.20. The maximum Gasteiger partial charge on any atom is 0.0708 e. The maximum atomic E-state index is 3.66. The summed E-state index contributed by atoms with van der Waals surface area (Å²) in [5.74, 6) is 0. The Balaban J connectivity index is 1.73. The van der Waals surface area contributed by atoms with Crippen molar-refractivity contribution in [2.24, 2.45) is 0 Å². The number of rotatable bonds is 2. The topological polar surface area (TPSA) is 3.24 Å². The Morgan fingerprint density at radius 2 is 1.41 bits per heavy atom. The highest BCUT2D eigenvalue weighted by molar-refractivity contribution is 9.11. The Morgan fingerprint density at radius 1 is 0.864 bits per heavy atom. The van der Waals surface area contributed by atoms with E-state index in [1.165, 1.54) is 34.0 Å². The van der Waals surface area contributed by atoms with Crippen LogP contribution in [0.15, 0.2) is 50.0 Å². The van der Waals surface area contributed by atoms with Crippen molar-refractivity contribution in [2.45, 2.75) is 19.6 Å². The zero-order chi connectivity index (χ0) is 15.1. The van der Waals surface area contributed by atoms with E-state index < -0.39 is 0 Å². The van der Waals surface area contributed by atoms with E-state index in [0.717, 1.165) is 19.6 Å². The van der Waals surface area contributed by atoms with E-state index in [2.05, 4.69) is 79.2 Å². The predicted molar refractivity (Wildman–Crippen MR) is 102 cm³/mol. The number of fused-ring (bicyclic) bond motifs is 3. The minimum atomic E-state index is 0.991. The summed E-state index contributed by atoms with van der Waals surface area (Å²) in [6, 6.07) is 15.3. The van der Waals surface area contributed by atoms with E-state index in [9.17, 15) is 0 Å². The molecule has 1 nitrogen and oxygen atoms in total. The van der Waals surface area contributed by atoms with Gasteiger partial charge in [-0.15, -0.1) is 22.7 Å². The molecular weight excluding hydrogens is 442 g/mol. The fourth-order valence-electron chi connectivity index (χ4n) is 2.90. The van der Waals surface area contributed by atoms with Gasteiger partial charge in [-0.25, -0.2) is 0 Å². The third-order valence-electron chi connectivity index (χ3n) is 3.83. The van der Waals surface area contributed by atoms with Gasteiger partial charge < -0.3 is 0 Å². The summed E-state index contributed by atoms with van der Waals surface area (Å²) >= 11 is 11.0. The normalized spacial score (nSPS) is 14.5. The van der Waals surface area contributed by atoms with Crippen molar-refractivity contribution < 1.29 is 0 Å². The van der Waals surface area contributed by atoms with E-state index in [1.807, 2.05) is 22.7 Å². The van der Waals surface area contributed by atoms with Crippen LogP contribution in [-0.2, 0) is 19.6 Å². The van der Waals surface area contributed by atoms with Gasteiger partial charge in [-0.05, 0) is 60.7 Å². The summed E-state index contributed by atoms with van der Waals surface area (Å²) in [6.07, 6.45) is 0. The third kappa shape index (κ3) is 2.97. The Bertz CT molecular complexity index is 759. The summed E-state index contributed by atoms with van der Waals surface area (Å²) in [5, 5.41) is 0. The van der Waals surface area contributed by atoms with Gasteiger partial charge in [0.05, 0.1) is 7.57 Å². The average Bonchev–Trinajstić information content (AvgIpc) is 2.99. The fraction of sp³-hybridized carbons (Fsp3) is 0.176. The molecule has 22 heavy (non-hydrogen) atoms. The van der Waals surface area contributed by atoms with Crippen molar-refractivity contribution in [1.29, 1.82) is 0 Å². The van der Waals surface area contributed by atoms with Gasteiger partial charge in [0.2, 0.25) is 0 Å². The van der Waals surface area contributed by atoms with Gasteiger partial charge in [0.15, 0.2) is 0 Å². The van der Waals surface area contributed by atoms with Gasteiger partial charge in [-0.2, -0.15) is 0 Å². The summed E-state index contributed by atoms with van der Waals surface area (Å²) in [6.45, 7) is 3.02. The van der Waals surface area contributed by atoms with Crippen LogP contribution in [0.2, 0.25) is 0 Å². The van der Waals surface area contributed by atoms with E-state index in [0.29, 0.717) is 0 Å². The lowest BCUT2D eigenvalue weighted by molar-refractivity contribution is 0.255. The molecule has 0 fully saturated rings. The second-order valence-corrected chi connectivity index (χ2v) is 10.4. The molecule has 3 heterocycles. The first kappa shape index (κ1) is 15.1. The number of halogens is 2. The number of hydrogen-bond donors (Lipinski definition) is 0.